The number of carbonyl (C=O) groups excluding carboxylic acids is 1. The summed E-state index contributed by atoms with van der Waals surface area (Å²) >= 11 is 0. The standard InChI is InChI=1S/C15H22N2O3S.ClH/c1-21(19,20)11-13-6-4-5-12(9-13)10-17-15(18)14-7-2-3-8-16-14;/h4-6,9,14,16H,2-3,7-8,10-11H2,1H3,(H,17,18);1H. The molecule has 124 valence electrons. The number of hydrogen-bond donors (Lipinski definition) is 2. The molecule has 0 saturated carbocycles. The Bertz CT molecular complexity index is 599. The number of nitrogens with one attached hydrogen (secondary N) is 2. The van der Waals surface area contributed by atoms with Crippen molar-refractivity contribution in [3.05, 3.63) is 35.4 Å². The number of halogens is 1. The average molecular weight is 347 g/mol. The van der Waals surface area contributed by atoms with Crippen molar-refractivity contribution in [1.29, 1.82) is 0 Å². The van der Waals surface area contributed by atoms with Crippen LogP contribution in [0.2, 0.25) is 0 Å². The van der Waals surface area contributed by atoms with Crippen LogP contribution >= 0.6 is 12.4 Å². The summed E-state index contributed by atoms with van der Waals surface area (Å²) in [5.74, 6) is 0.0436. The molecule has 1 aliphatic heterocycles. The van der Waals surface area contributed by atoms with E-state index in [2.05, 4.69) is 10.6 Å². The molecule has 0 aliphatic carbocycles. The van der Waals surface area contributed by atoms with Crippen molar-refractivity contribution < 1.29 is 13.2 Å². The number of hydrogen-bond acceptors (Lipinski definition) is 4. The molecule has 0 aromatic heterocycles. The Hall–Kier alpha value is -1.11. The summed E-state index contributed by atoms with van der Waals surface area (Å²) in [6.45, 7) is 1.32. The van der Waals surface area contributed by atoms with Crippen LogP contribution < -0.4 is 10.6 Å². The predicted octanol–water partition coefficient (Wildman–Crippen LogP) is 1.41. The highest BCUT2D eigenvalue weighted by atomic mass is 35.5. The highest BCUT2D eigenvalue weighted by Crippen LogP contribution is 2.10. The maximum atomic E-state index is 12.0. The highest BCUT2D eigenvalue weighted by Gasteiger charge is 2.19. The van der Waals surface area contributed by atoms with Crippen LogP contribution in [0.3, 0.4) is 0 Å². The zero-order chi connectivity index (χ0) is 15.3. The summed E-state index contributed by atoms with van der Waals surface area (Å²) in [5, 5.41) is 6.11. The lowest BCUT2D eigenvalue weighted by atomic mass is 10.0. The molecule has 1 fully saturated rings. The van der Waals surface area contributed by atoms with Crippen LogP contribution in [-0.2, 0) is 26.9 Å². The summed E-state index contributed by atoms with van der Waals surface area (Å²) < 4.78 is 22.6. The summed E-state index contributed by atoms with van der Waals surface area (Å²) in [7, 11) is -3.04. The lowest BCUT2D eigenvalue weighted by molar-refractivity contribution is -0.123. The molecule has 1 atom stereocenters. The molecule has 1 amide bonds. The fourth-order valence-electron chi connectivity index (χ4n) is 2.52. The van der Waals surface area contributed by atoms with Gasteiger partial charge < -0.3 is 10.6 Å². The molecule has 22 heavy (non-hydrogen) atoms. The molecule has 2 N–H and O–H groups in total. The van der Waals surface area contributed by atoms with Gasteiger partial charge in [0, 0.05) is 12.8 Å². The van der Waals surface area contributed by atoms with Gasteiger partial charge in [-0.25, -0.2) is 8.42 Å². The minimum atomic E-state index is -3.04. The van der Waals surface area contributed by atoms with Gasteiger partial charge >= 0.3 is 0 Å². The minimum absolute atomic E-state index is 0. The van der Waals surface area contributed by atoms with E-state index in [9.17, 15) is 13.2 Å². The number of carbonyl (C=O) groups is 1. The Labute approximate surface area is 138 Å². The molecule has 1 aromatic carbocycles. The zero-order valence-electron chi connectivity index (χ0n) is 12.7. The summed E-state index contributed by atoms with van der Waals surface area (Å²) in [5.41, 5.74) is 1.67. The summed E-state index contributed by atoms with van der Waals surface area (Å²) in [4.78, 5) is 12.0. The van der Waals surface area contributed by atoms with Gasteiger partial charge in [-0.2, -0.15) is 0 Å². The Morgan fingerprint density at radius 2 is 2.05 bits per heavy atom. The van der Waals surface area contributed by atoms with E-state index in [0.29, 0.717) is 6.54 Å². The third-order valence-electron chi connectivity index (χ3n) is 3.51. The lowest BCUT2D eigenvalue weighted by Crippen LogP contribution is -2.46. The fourth-order valence-corrected chi connectivity index (χ4v) is 3.31. The van der Waals surface area contributed by atoms with Gasteiger partial charge in [0.1, 0.15) is 0 Å². The third kappa shape index (κ3) is 6.34. The van der Waals surface area contributed by atoms with Crippen molar-refractivity contribution in [3.63, 3.8) is 0 Å². The van der Waals surface area contributed by atoms with E-state index in [-0.39, 0.29) is 30.1 Å². The maximum absolute atomic E-state index is 12.0. The van der Waals surface area contributed by atoms with E-state index in [0.717, 1.165) is 36.9 Å². The average Bonchev–Trinajstić information content (AvgIpc) is 2.44. The molecule has 1 heterocycles. The molecular formula is C15H23ClN2O3S. The molecule has 1 unspecified atom stereocenters. The van der Waals surface area contributed by atoms with Crippen LogP contribution in [0.5, 0.6) is 0 Å². The molecule has 1 saturated heterocycles. The van der Waals surface area contributed by atoms with Crippen molar-refractivity contribution >= 4 is 28.2 Å². The van der Waals surface area contributed by atoms with Gasteiger partial charge in [-0.05, 0) is 30.5 Å². The summed E-state index contributed by atoms with van der Waals surface area (Å²) in [6.07, 6.45) is 4.29. The highest BCUT2D eigenvalue weighted by molar-refractivity contribution is 7.89. The van der Waals surface area contributed by atoms with E-state index in [4.69, 9.17) is 0 Å². The minimum Gasteiger partial charge on any atom is -0.351 e. The fraction of sp³-hybridized carbons (Fsp3) is 0.533. The number of piperidine rings is 1. The van der Waals surface area contributed by atoms with Crippen LogP contribution in [-0.4, -0.2) is 33.2 Å². The van der Waals surface area contributed by atoms with Crippen LogP contribution in [0, 0.1) is 0 Å². The molecule has 5 nitrogen and oxygen atoms in total. The van der Waals surface area contributed by atoms with Crippen molar-refractivity contribution in [2.45, 2.75) is 37.6 Å². The Balaban J connectivity index is 0.00000242. The monoisotopic (exact) mass is 346 g/mol. The van der Waals surface area contributed by atoms with Gasteiger partial charge in [0.15, 0.2) is 9.84 Å². The number of sulfone groups is 1. The molecule has 0 spiro atoms. The normalized spacial score (nSPS) is 18.3. The van der Waals surface area contributed by atoms with Crippen molar-refractivity contribution in [1.82, 2.24) is 10.6 Å². The Morgan fingerprint density at radius 1 is 1.32 bits per heavy atom. The number of benzene rings is 1. The van der Waals surface area contributed by atoms with Crippen molar-refractivity contribution in [3.8, 4) is 0 Å². The Kier molecular flexibility index (Phi) is 7.32. The molecule has 0 radical (unpaired) electrons. The second-order valence-electron chi connectivity index (χ2n) is 5.61. The third-order valence-corrected chi connectivity index (χ3v) is 4.37. The smallest absolute Gasteiger partial charge is 0.237 e. The quantitative estimate of drug-likeness (QED) is 0.845. The van der Waals surface area contributed by atoms with Gasteiger partial charge in [-0.1, -0.05) is 30.7 Å². The van der Waals surface area contributed by atoms with Gasteiger partial charge in [-0.15, -0.1) is 12.4 Å². The SMILES string of the molecule is CS(=O)(=O)Cc1cccc(CNC(=O)C2CCCCN2)c1.Cl. The van der Waals surface area contributed by atoms with E-state index in [1.807, 2.05) is 18.2 Å². The Morgan fingerprint density at radius 3 is 2.68 bits per heavy atom. The predicted molar refractivity (Wildman–Crippen MR) is 89.7 cm³/mol. The van der Waals surface area contributed by atoms with Crippen molar-refractivity contribution in [2.75, 3.05) is 12.8 Å². The molecular weight excluding hydrogens is 324 g/mol. The van der Waals surface area contributed by atoms with Crippen molar-refractivity contribution in [2.24, 2.45) is 0 Å². The number of rotatable bonds is 5. The molecule has 0 bridgehead atoms. The van der Waals surface area contributed by atoms with Crippen LogP contribution in [0.15, 0.2) is 24.3 Å². The molecule has 7 heteroatoms. The first kappa shape index (κ1) is 18.9. The second-order valence-corrected chi connectivity index (χ2v) is 7.75. The maximum Gasteiger partial charge on any atom is 0.237 e. The van der Waals surface area contributed by atoms with E-state index in [1.165, 1.54) is 6.26 Å². The zero-order valence-corrected chi connectivity index (χ0v) is 14.3. The second kappa shape index (κ2) is 8.50. The van der Waals surface area contributed by atoms with E-state index >= 15 is 0 Å². The molecule has 1 aromatic rings. The first-order valence-electron chi connectivity index (χ1n) is 7.21. The van der Waals surface area contributed by atoms with Crippen LogP contribution in [0.25, 0.3) is 0 Å². The lowest BCUT2D eigenvalue weighted by Gasteiger charge is -2.22. The van der Waals surface area contributed by atoms with Gasteiger partial charge in [0.05, 0.1) is 11.8 Å². The molecule has 1 aliphatic rings. The molecule has 2 rings (SSSR count). The largest absolute Gasteiger partial charge is 0.351 e. The van der Waals surface area contributed by atoms with E-state index < -0.39 is 9.84 Å². The van der Waals surface area contributed by atoms with Crippen LogP contribution in [0.4, 0.5) is 0 Å². The number of amides is 1. The van der Waals surface area contributed by atoms with Crippen LogP contribution in [0.1, 0.15) is 30.4 Å². The van der Waals surface area contributed by atoms with Gasteiger partial charge in [-0.3, -0.25) is 4.79 Å². The first-order valence-corrected chi connectivity index (χ1v) is 9.27. The topological polar surface area (TPSA) is 75.3 Å². The van der Waals surface area contributed by atoms with E-state index in [1.54, 1.807) is 6.07 Å². The first-order chi connectivity index (χ1) is 9.94. The van der Waals surface area contributed by atoms with Gasteiger partial charge in [0.2, 0.25) is 5.91 Å². The van der Waals surface area contributed by atoms with Gasteiger partial charge in [0.25, 0.3) is 0 Å². The summed E-state index contributed by atoms with van der Waals surface area (Å²) in [6, 6.07) is 7.23.